The Bertz CT molecular complexity index is 980. The zero-order valence-corrected chi connectivity index (χ0v) is 17.8. The highest BCUT2D eigenvalue weighted by molar-refractivity contribution is 5.70. The molecule has 164 valence electrons. The number of hydrogen-bond donors (Lipinski definition) is 0. The molecular weight excluding hydrogens is 401 g/mol. The molecule has 0 N–H and O–H groups in total. The van der Waals surface area contributed by atoms with Gasteiger partial charge in [-0.25, -0.2) is 9.18 Å². The van der Waals surface area contributed by atoms with Crippen molar-refractivity contribution in [1.29, 1.82) is 0 Å². The third kappa shape index (κ3) is 4.47. The summed E-state index contributed by atoms with van der Waals surface area (Å²) in [6.07, 6.45) is -0.352. The number of benzene rings is 2. The molecule has 0 spiro atoms. The first kappa shape index (κ1) is 21.1. The summed E-state index contributed by atoms with van der Waals surface area (Å²) in [6.45, 7) is 7.13. The molecular formula is C23H26FN3O4. The van der Waals surface area contributed by atoms with Crippen LogP contribution in [-0.2, 0) is 11.3 Å². The molecule has 2 fully saturated rings. The smallest absolute Gasteiger partial charge is 0.410 e. The third-order valence-electron chi connectivity index (χ3n) is 5.81. The van der Waals surface area contributed by atoms with Crippen LogP contribution in [-0.4, -0.2) is 40.6 Å². The summed E-state index contributed by atoms with van der Waals surface area (Å²) in [5.74, 6) is -0.238. The van der Waals surface area contributed by atoms with Crippen LogP contribution in [0.5, 0.6) is 0 Å². The lowest BCUT2D eigenvalue weighted by Crippen LogP contribution is -2.41. The van der Waals surface area contributed by atoms with Gasteiger partial charge in [0.1, 0.15) is 17.1 Å². The van der Waals surface area contributed by atoms with Crippen LogP contribution in [0, 0.1) is 27.8 Å². The van der Waals surface area contributed by atoms with Crippen molar-refractivity contribution in [3.8, 4) is 0 Å². The molecule has 1 aliphatic heterocycles. The van der Waals surface area contributed by atoms with Crippen LogP contribution in [0.1, 0.15) is 26.3 Å². The molecule has 2 aromatic rings. The van der Waals surface area contributed by atoms with Gasteiger partial charge in [-0.15, -0.1) is 0 Å². The van der Waals surface area contributed by atoms with E-state index in [2.05, 4.69) is 0 Å². The molecule has 1 saturated heterocycles. The first-order valence-corrected chi connectivity index (χ1v) is 10.4. The van der Waals surface area contributed by atoms with Gasteiger partial charge in [-0.3, -0.25) is 10.1 Å². The second kappa shape index (κ2) is 7.83. The molecule has 31 heavy (non-hydrogen) atoms. The molecule has 1 unspecified atom stereocenters. The fourth-order valence-corrected chi connectivity index (χ4v) is 4.46. The molecule has 4 rings (SSSR count). The maximum atomic E-state index is 13.5. The quantitative estimate of drug-likeness (QED) is 0.515. The number of nitro groups is 1. The van der Waals surface area contributed by atoms with Gasteiger partial charge in [-0.05, 0) is 38.5 Å². The van der Waals surface area contributed by atoms with Gasteiger partial charge in [0.05, 0.1) is 11.0 Å². The average molecular weight is 427 g/mol. The number of amides is 1. The summed E-state index contributed by atoms with van der Waals surface area (Å²) < 4.78 is 19.2. The van der Waals surface area contributed by atoms with Gasteiger partial charge in [0, 0.05) is 37.5 Å². The lowest BCUT2D eigenvalue weighted by molar-refractivity contribution is -0.384. The SMILES string of the molecule is CC(C)(C)OC(=O)N(Cc1ccccc1)[C@@H]1C2CN(c3ccc(F)cc3[N+](=O)[O-])C[C@H]21. The summed E-state index contributed by atoms with van der Waals surface area (Å²) in [5.41, 5.74) is 0.608. The predicted molar refractivity (Wildman–Crippen MR) is 114 cm³/mol. The Morgan fingerprint density at radius 2 is 1.84 bits per heavy atom. The number of halogens is 1. The minimum Gasteiger partial charge on any atom is -0.444 e. The Labute approximate surface area is 180 Å². The Kier molecular flexibility index (Phi) is 5.33. The monoisotopic (exact) mass is 427 g/mol. The van der Waals surface area contributed by atoms with Gasteiger partial charge in [-0.1, -0.05) is 30.3 Å². The molecule has 0 radical (unpaired) electrons. The van der Waals surface area contributed by atoms with Crippen LogP contribution < -0.4 is 4.90 Å². The van der Waals surface area contributed by atoms with Crippen LogP contribution >= 0.6 is 0 Å². The van der Waals surface area contributed by atoms with Crippen molar-refractivity contribution in [2.24, 2.45) is 11.8 Å². The number of anilines is 1. The molecule has 0 bridgehead atoms. The molecule has 1 saturated carbocycles. The highest BCUT2D eigenvalue weighted by Gasteiger charge is 2.60. The normalized spacial score (nSPS) is 22.1. The van der Waals surface area contributed by atoms with Crippen molar-refractivity contribution in [2.45, 2.75) is 39.0 Å². The molecule has 0 aromatic heterocycles. The molecule has 7 nitrogen and oxygen atoms in total. The fourth-order valence-electron chi connectivity index (χ4n) is 4.46. The number of carbonyl (C=O) groups excluding carboxylic acids is 1. The van der Waals surface area contributed by atoms with E-state index in [-0.39, 0.29) is 29.7 Å². The maximum Gasteiger partial charge on any atom is 0.410 e. The van der Waals surface area contributed by atoms with Crippen molar-refractivity contribution in [1.82, 2.24) is 4.90 Å². The molecule has 2 aliphatic rings. The standard InChI is InChI=1S/C23H26FN3O4/c1-23(2,3)31-22(28)26(12-15-7-5-4-6-8-15)21-17-13-25(14-18(17)21)19-10-9-16(24)11-20(19)27(29)30/h4-11,17-18,21H,12-14H2,1-3H3/t17-,18?,21+/m1/s1. The Morgan fingerprint density at radius 3 is 2.42 bits per heavy atom. The largest absolute Gasteiger partial charge is 0.444 e. The first-order valence-electron chi connectivity index (χ1n) is 10.4. The number of hydrogen-bond acceptors (Lipinski definition) is 5. The molecule has 2 aromatic carbocycles. The highest BCUT2D eigenvalue weighted by Crippen LogP contribution is 2.51. The van der Waals surface area contributed by atoms with E-state index in [0.29, 0.717) is 25.3 Å². The second-order valence-electron chi connectivity index (χ2n) is 9.21. The van der Waals surface area contributed by atoms with Crippen LogP contribution in [0.15, 0.2) is 48.5 Å². The summed E-state index contributed by atoms with van der Waals surface area (Å²) in [5, 5.41) is 11.4. The molecule has 1 heterocycles. The van der Waals surface area contributed by atoms with Crippen molar-refractivity contribution < 1.29 is 18.8 Å². The first-order chi connectivity index (χ1) is 14.6. The number of rotatable bonds is 5. The van der Waals surface area contributed by atoms with Gasteiger partial charge >= 0.3 is 6.09 Å². The van der Waals surface area contributed by atoms with E-state index >= 15 is 0 Å². The van der Waals surface area contributed by atoms with Crippen LogP contribution in [0.25, 0.3) is 0 Å². The fraction of sp³-hybridized carbons (Fsp3) is 0.435. The summed E-state index contributed by atoms with van der Waals surface area (Å²) in [7, 11) is 0. The summed E-state index contributed by atoms with van der Waals surface area (Å²) in [6, 6.07) is 13.4. The molecule has 1 aliphatic carbocycles. The predicted octanol–water partition coefficient (Wildman–Crippen LogP) is 4.61. The number of ether oxygens (including phenoxy) is 1. The lowest BCUT2D eigenvalue weighted by atomic mass is 10.2. The van der Waals surface area contributed by atoms with E-state index in [4.69, 9.17) is 4.74 Å². The van der Waals surface area contributed by atoms with Crippen LogP contribution in [0.2, 0.25) is 0 Å². The van der Waals surface area contributed by atoms with E-state index in [1.165, 1.54) is 12.1 Å². The van der Waals surface area contributed by atoms with Gasteiger partial charge in [-0.2, -0.15) is 0 Å². The third-order valence-corrected chi connectivity index (χ3v) is 5.81. The lowest BCUT2D eigenvalue weighted by Gasteiger charge is -2.30. The van der Waals surface area contributed by atoms with Gasteiger partial charge in [0.25, 0.3) is 5.69 Å². The Morgan fingerprint density at radius 1 is 1.19 bits per heavy atom. The number of piperidine rings is 1. The van der Waals surface area contributed by atoms with E-state index in [1.54, 1.807) is 4.90 Å². The number of nitrogens with zero attached hydrogens (tertiary/aromatic N) is 3. The van der Waals surface area contributed by atoms with Crippen molar-refractivity contribution in [3.05, 3.63) is 70.0 Å². The Balaban J connectivity index is 1.51. The van der Waals surface area contributed by atoms with E-state index in [0.717, 1.165) is 11.6 Å². The number of fused-ring (bicyclic) bond motifs is 1. The molecule has 1 amide bonds. The van der Waals surface area contributed by atoms with Crippen molar-refractivity contribution in [3.63, 3.8) is 0 Å². The molecule has 3 atom stereocenters. The van der Waals surface area contributed by atoms with Crippen LogP contribution in [0.4, 0.5) is 20.6 Å². The zero-order chi connectivity index (χ0) is 22.3. The van der Waals surface area contributed by atoms with E-state index in [9.17, 15) is 19.3 Å². The maximum absolute atomic E-state index is 13.5. The Hall–Kier alpha value is -3.16. The van der Waals surface area contributed by atoms with Gasteiger partial charge in [0.2, 0.25) is 0 Å². The number of carbonyl (C=O) groups is 1. The van der Waals surface area contributed by atoms with E-state index < -0.39 is 16.3 Å². The molecule has 8 heteroatoms. The zero-order valence-electron chi connectivity index (χ0n) is 17.8. The second-order valence-corrected chi connectivity index (χ2v) is 9.21. The van der Waals surface area contributed by atoms with Crippen LogP contribution in [0.3, 0.4) is 0 Å². The minimum atomic E-state index is -0.628. The number of nitro benzene ring substituents is 1. The highest BCUT2D eigenvalue weighted by atomic mass is 19.1. The van der Waals surface area contributed by atoms with Crippen molar-refractivity contribution >= 4 is 17.5 Å². The van der Waals surface area contributed by atoms with Gasteiger partial charge in [0.15, 0.2) is 0 Å². The average Bonchev–Trinajstić information content (AvgIpc) is 3.17. The summed E-state index contributed by atoms with van der Waals surface area (Å²) in [4.78, 5) is 27.5. The summed E-state index contributed by atoms with van der Waals surface area (Å²) >= 11 is 0. The van der Waals surface area contributed by atoms with E-state index in [1.807, 2.05) is 56.0 Å². The minimum absolute atomic E-state index is 0.0193. The topological polar surface area (TPSA) is 75.9 Å². The van der Waals surface area contributed by atoms with Gasteiger partial charge < -0.3 is 14.5 Å². The van der Waals surface area contributed by atoms with Crippen molar-refractivity contribution in [2.75, 3.05) is 18.0 Å².